The average Bonchev–Trinajstić information content (AvgIpc) is 2.85. The molecule has 0 saturated carbocycles. The summed E-state index contributed by atoms with van der Waals surface area (Å²) in [5.41, 5.74) is 1.36. The van der Waals surface area contributed by atoms with Crippen molar-refractivity contribution in [2.24, 2.45) is 4.99 Å². The Labute approximate surface area is 141 Å². The SMILES string of the molecule is C=CCN1C(=O)/C(=C/c2ccc(OC)cc2)N=C1SC/C=C/C. The molecule has 0 spiro atoms. The summed E-state index contributed by atoms with van der Waals surface area (Å²) in [5, 5.41) is 0.716. The first-order valence-electron chi connectivity index (χ1n) is 7.30. The molecule has 1 amide bonds. The molecule has 1 aromatic rings. The van der Waals surface area contributed by atoms with Crippen molar-refractivity contribution in [3.8, 4) is 5.75 Å². The second kappa shape index (κ2) is 8.39. The normalized spacial score (nSPS) is 16.3. The number of amides is 1. The van der Waals surface area contributed by atoms with E-state index in [1.807, 2.05) is 43.3 Å². The van der Waals surface area contributed by atoms with E-state index in [0.29, 0.717) is 17.4 Å². The Bertz CT molecular complexity index is 660. The lowest BCUT2D eigenvalue weighted by molar-refractivity contribution is -0.122. The van der Waals surface area contributed by atoms with Crippen LogP contribution < -0.4 is 4.74 Å². The highest BCUT2D eigenvalue weighted by molar-refractivity contribution is 8.14. The summed E-state index contributed by atoms with van der Waals surface area (Å²) < 4.78 is 5.14. The summed E-state index contributed by atoms with van der Waals surface area (Å²) in [4.78, 5) is 18.6. The first kappa shape index (κ1) is 17.1. The third-order valence-corrected chi connectivity index (χ3v) is 4.12. The third-order valence-electron chi connectivity index (χ3n) is 3.19. The predicted octanol–water partition coefficient (Wildman–Crippen LogP) is 3.73. The molecule has 4 nitrogen and oxygen atoms in total. The van der Waals surface area contributed by atoms with E-state index < -0.39 is 0 Å². The maximum Gasteiger partial charge on any atom is 0.278 e. The maximum absolute atomic E-state index is 12.5. The van der Waals surface area contributed by atoms with Crippen LogP contribution in [0.4, 0.5) is 0 Å². The fourth-order valence-corrected chi connectivity index (χ4v) is 2.92. The van der Waals surface area contributed by atoms with Crippen LogP contribution in [0.15, 0.2) is 59.8 Å². The third kappa shape index (κ3) is 4.36. The molecule has 2 rings (SSSR count). The topological polar surface area (TPSA) is 41.9 Å². The average molecular weight is 328 g/mol. The molecule has 1 aromatic carbocycles. The highest BCUT2D eigenvalue weighted by Gasteiger charge is 2.29. The van der Waals surface area contributed by atoms with Gasteiger partial charge in [0.2, 0.25) is 0 Å². The molecule has 1 aliphatic rings. The number of rotatable bonds is 6. The van der Waals surface area contributed by atoms with Crippen LogP contribution in [0.2, 0.25) is 0 Å². The van der Waals surface area contributed by atoms with Gasteiger partial charge in [-0.15, -0.1) is 6.58 Å². The molecule has 120 valence electrons. The molecule has 0 aromatic heterocycles. The molecule has 0 fully saturated rings. The van der Waals surface area contributed by atoms with Crippen molar-refractivity contribution in [2.75, 3.05) is 19.4 Å². The quantitative estimate of drug-likeness (QED) is 0.590. The first-order valence-corrected chi connectivity index (χ1v) is 8.29. The molecule has 0 bridgehead atoms. The summed E-state index contributed by atoms with van der Waals surface area (Å²) in [6, 6.07) is 7.52. The molecule has 5 heteroatoms. The zero-order valence-electron chi connectivity index (χ0n) is 13.4. The van der Waals surface area contributed by atoms with Gasteiger partial charge >= 0.3 is 0 Å². The molecule has 0 saturated heterocycles. The van der Waals surface area contributed by atoms with Gasteiger partial charge in [-0.2, -0.15) is 0 Å². The van der Waals surface area contributed by atoms with Gasteiger partial charge in [0.15, 0.2) is 5.17 Å². The molecule has 0 aliphatic carbocycles. The minimum Gasteiger partial charge on any atom is -0.497 e. The Morgan fingerprint density at radius 2 is 2.09 bits per heavy atom. The molecule has 1 aliphatic heterocycles. The van der Waals surface area contributed by atoms with Gasteiger partial charge in [0.25, 0.3) is 5.91 Å². The Morgan fingerprint density at radius 1 is 1.35 bits per heavy atom. The van der Waals surface area contributed by atoms with Gasteiger partial charge in [-0.3, -0.25) is 9.69 Å². The summed E-state index contributed by atoms with van der Waals surface area (Å²) in [7, 11) is 1.62. The van der Waals surface area contributed by atoms with Gasteiger partial charge in [0, 0.05) is 12.3 Å². The van der Waals surface area contributed by atoms with E-state index in [4.69, 9.17) is 4.74 Å². The molecule has 0 radical (unpaired) electrons. The number of allylic oxidation sites excluding steroid dienone is 1. The zero-order chi connectivity index (χ0) is 16.7. The monoisotopic (exact) mass is 328 g/mol. The van der Waals surface area contributed by atoms with Crippen LogP contribution in [0.5, 0.6) is 5.75 Å². The van der Waals surface area contributed by atoms with Crippen LogP contribution in [-0.2, 0) is 4.79 Å². The highest BCUT2D eigenvalue weighted by Crippen LogP contribution is 2.24. The van der Waals surface area contributed by atoms with Crippen molar-refractivity contribution in [1.82, 2.24) is 4.90 Å². The Morgan fingerprint density at radius 3 is 2.70 bits per heavy atom. The molecule has 23 heavy (non-hydrogen) atoms. The van der Waals surface area contributed by atoms with E-state index in [9.17, 15) is 4.79 Å². The van der Waals surface area contributed by atoms with E-state index in [0.717, 1.165) is 17.1 Å². The van der Waals surface area contributed by atoms with Gasteiger partial charge in [-0.25, -0.2) is 4.99 Å². The zero-order valence-corrected chi connectivity index (χ0v) is 14.2. The minimum absolute atomic E-state index is 0.0938. The van der Waals surface area contributed by atoms with Gasteiger partial charge in [-0.1, -0.05) is 42.1 Å². The molecular weight excluding hydrogens is 308 g/mol. The molecule has 1 heterocycles. The number of aliphatic imine (C=N–C) groups is 1. The fraction of sp³-hybridized carbons (Fsp3) is 0.222. The number of amidine groups is 1. The second-order valence-electron chi connectivity index (χ2n) is 4.78. The van der Waals surface area contributed by atoms with Crippen LogP contribution >= 0.6 is 11.8 Å². The number of carbonyl (C=O) groups is 1. The smallest absolute Gasteiger partial charge is 0.278 e. The molecule has 0 N–H and O–H groups in total. The van der Waals surface area contributed by atoms with Crippen LogP contribution in [0, 0.1) is 0 Å². The number of ether oxygens (including phenoxy) is 1. The number of thioether (sulfide) groups is 1. The lowest BCUT2D eigenvalue weighted by Gasteiger charge is -2.14. The van der Waals surface area contributed by atoms with Crippen LogP contribution in [0.1, 0.15) is 12.5 Å². The van der Waals surface area contributed by atoms with Crippen LogP contribution in [-0.4, -0.2) is 35.4 Å². The lowest BCUT2D eigenvalue weighted by Crippen LogP contribution is -2.30. The number of methoxy groups -OCH3 is 1. The van der Waals surface area contributed by atoms with Crippen LogP contribution in [0.25, 0.3) is 6.08 Å². The predicted molar refractivity (Wildman–Crippen MR) is 97.6 cm³/mol. The number of nitrogens with zero attached hydrogens (tertiary/aromatic N) is 2. The highest BCUT2D eigenvalue weighted by atomic mass is 32.2. The molecule has 0 unspecified atom stereocenters. The van der Waals surface area contributed by atoms with Crippen molar-refractivity contribution in [1.29, 1.82) is 0 Å². The van der Waals surface area contributed by atoms with E-state index >= 15 is 0 Å². The molecule has 0 atom stereocenters. The van der Waals surface area contributed by atoms with Crippen molar-refractivity contribution in [3.05, 3.63) is 60.3 Å². The van der Waals surface area contributed by atoms with Crippen molar-refractivity contribution < 1.29 is 9.53 Å². The standard InChI is InChI=1S/C18H20N2O2S/c1-4-6-12-23-18-19-16(17(21)20(18)11-5-2)13-14-7-9-15(22-3)10-8-14/h4-10,13H,2,11-12H2,1,3H3/b6-4+,16-13-. The van der Waals surface area contributed by atoms with Crippen molar-refractivity contribution in [3.63, 3.8) is 0 Å². The minimum atomic E-state index is -0.0938. The van der Waals surface area contributed by atoms with Gasteiger partial charge in [0.05, 0.1) is 7.11 Å². The van der Waals surface area contributed by atoms with Crippen molar-refractivity contribution in [2.45, 2.75) is 6.92 Å². The number of hydrogen-bond donors (Lipinski definition) is 0. The largest absolute Gasteiger partial charge is 0.497 e. The Hall–Kier alpha value is -2.27. The van der Waals surface area contributed by atoms with Crippen molar-refractivity contribution >= 4 is 28.9 Å². The Kier molecular flexibility index (Phi) is 6.23. The summed E-state index contributed by atoms with van der Waals surface area (Å²) >= 11 is 1.54. The summed E-state index contributed by atoms with van der Waals surface area (Å²) in [6.07, 6.45) is 7.52. The number of benzene rings is 1. The molecular formula is C18H20N2O2S. The van der Waals surface area contributed by atoms with Gasteiger partial charge in [0.1, 0.15) is 11.4 Å². The second-order valence-corrected chi connectivity index (χ2v) is 5.77. The summed E-state index contributed by atoms with van der Waals surface area (Å²) in [6.45, 7) is 6.14. The van der Waals surface area contributed by atoms with E-state index in [2.05, 4.69) is 11.6 Å². The van der Waals surface area contributed by atoms with Gasteiger partial charge in [-0.05, 0) is 30.7 Å². The lowest BCUT2D eigenvalue weighted by atomic mass is 10.2. The van der Waals surface area contributed by atoms with E-state index in [1.54, 1.807) is 35.9 Å². The number of carbonyl (C=O) groups excluding carboxylic acids is 1. The fourth-order valence-electron chi connectivity index (χ4n) is 2.01. The van der Waals surface area contributed by atoms with Crippen LogP contribution in [0.3, 0.4) is 0 Å². The first-order chi connectivity index (χ1) is 11.2. The van der Waals surface area contributed by atoms with Gasteiger partial charge < -0.3 is 4.74 Å². The Balaban J connectivity index is 2.23. The van der Waals surface area contributed by atoms with E-state index in [1.165, 1.54) is 0 Å². The maximum atomic E-state index is 12.5. The summed E-state index contributed by atoms with van der Waals surface area (Å²) in [5.74, 6) is 1.47. The number of hydrogen-bond acceptors (Lipinski definition) is 4. The van der Waals surface area contributed by atoms with E-state index in [-0.39, 0.29) is 5.91 Å².